The molecule has 0 radical (unpaired) electrons. The van der Waals surface area contributed by atoms with E-state index in [0.717, 1.165) is 12.8 Å². The van der Waals surface area contributed by atoms with Gasteiger partial charge in [0.05, 0.1) is 35.5 Å². The van der Waals surface area contributed by atoms with Crippen molar-refractivity contribution in [2.75, 3.05) is 27.7 Å². The Balaban J connectivity index is 2.24. The number of cyclic esters (lactones) is 1. The number of rotatable bonds is 12. The highest BCUT2D eigenvalue weighted by Crippen LogP contribution is 2.40. The van der Waals surface area contributed by atoms with Crippen molar-refractivity contribution < 1.29 is 53.4 Å². The molecule has 2 saturated heterocycles. The Morgan fingerprint density at radius 3 is 2.35 bits per heavy atom. The largest absolute Gasteiger partial charge is 0.459 e. The summed E-state index contributed by atoms with van der Waals surface area (Å²) >= 11 is 6.41. The standard InChI is InChI=1S/C42H70ClN3O11/c1-13-15-20-44-40(50)56-35-27(6)37(57-39-34(47)31(46(10)11)21-25(4)54-39)41(8,52-12)22-24(3)33(45-53-23-29-18-16-17-19-30(29)43)26(5)36(48)42(9,51)32(14-2)55-38(49)28(35)7/h16-19,24-28,31-32,34-37,39,47-48,51H,13-15,20-23H2,1-12H3,(H,44,50)/b45-33-/t24-,25-,26+,27+,28-,31+,32-,34-,35+,36-,37-,39+,41-,42-/m1/s1. The Hall–Kier alpha value is -2.56. The molecule has 4 N–H and O–H groups in total. The van der Waals surface area contributed by atoms with Gasteiger partial charge >= 0.3 is 12.1 Å². The number of aliphatic hydroxyl groups is 3. The Bertz CT molecular complexity index is 1470. The van der Waals surface area contributed by atoms with Gasteiger partial charge in [0.1, 0.15) is 30.5 Å². The van der Waals surface area contributed by atoms with Crippen LogP contribution in [0.2, 0.25) is 5.02 Å². The molecular weight excluding hydrogens is 758 g/mol. The summed E-state index contributed by atoms with van der Waals surface area (Å²) in [5.74, 6) is -3.93. The van der Waals surface area contributed by atoms with Crippen molar-refractivity contribution in [2.24, 2.45) is 28.8 Å². The summed E-state index contributed by atoms with van der Waals surface area (Å²) in [5, 5.41) is 43.4. The van der Waals surface area contributed by atoms with E-state index in [1.54, 1.807) is 33.8 Å². The third kappa shape index (κ3) is 12.3. The summed E-state index contributed by atoms with van der Waals surface area (Å²) in [7, 11) is 5.30. The number of amides is 1. The predicted molar refractivity (Wildman–Crippen MR) is 218 cm³/mol. The van der Waals surface area contributed by atoms with Gasteiger partial charge in [-0.3, -0.25) is 4.79 Å². The van der Waals surface area contributed by atoms with Crippen LogP contribution in [0.15, 0.2) is 29.4 Å². The lowest BCUT2D eigenvalue weighted by molar-refractivity contribution is -0.301. The first-order valence-electron chi connectivity index (χ1n) is 20.4. The normalized spacial score (nSPS) is 38.0. The molecule has 1 amide bonds. The fraction of sp³-hybridized carbons (Fsp3) is 0.786. The molecule has 1 aromatic carbocycles. The van der Waals surface area contributed by atoms with Gasteiger partial charge in [0.25, 0.3) is 0 Å². The summed E-state index contributed by atoms with van der Waals surface area (Å²) in [6.07, 6.45) is -5.46. The van der Waals surface area contributed by atoms with Crippen LogP contribution in [0.5, 0.6) is 0 Å². The van der Waals surface area contributed by atoms with E-state index in [1.807, 2.05) is 64.9 Å². The maximum Gasteiger partial charge on any atom is 0.407 e. The minimum Gasteiger partial charge on any atom is -0.459 e. The molecule has 2 fully saturated rings. The van der Waals surface area contributed by atoms with Crippen molar-refractivity contribution in [2.45, 2.75) is 161 Å². The quantitative estimate of drug-likeness (QED) is 0.115. The first kappa shape index (κ1) is 48.8. The Morgan fingerprint density at radius 2 is 1.75 bits per heavy atom. The number of unbranched alkanes of at least 4 members (excludes halogenated alkanes) is 1. The van der Waals surface area contributed by atoms with Crippen molar-refractivity contribution in [3.63, 3.8) is 0 Å². The second kappa shape index (κ2) is 21.6. The molecule has 2 heterocycles. The molecule has 15 heteroatoms. The molecule has 0 aliphatic carbocycles. The van der Waals surface area contributed by atoms with E-state index in [-0.39, 0.29) is 31.6 Å². The van der Waals surface area contributed by atoms with Crippen LogP contribution in [0.4, 0.5) is 4.79 Å². The number of oxime groups is 1. The van der Waals surface area contributed by atoms with E-state index in [9.17, 15) is 24.9 Å². The molecule has 0 aromatic heterocycles. The van der Waals surface area contributed by atoms with Gasteiger partial charge < -0.3 is 54.1 Å². The van der Waals surface area contributed by atoms with Gasteiger partial charge in [0, 0.05) is 48.0 Å². The Morgan fingerprint density at radius 1 is 1.09 bits per heavy atom. The molecule has 0 unspecified atom stereocenters. The fourth-order valence-electron chi connectivity index (χ4n) is 8.29. The molecule has 2 aliphatic heterocycles. The zero-order valence-electron chi connectivity index (χ0n) is 36.1. The van der Waals surface area contributed by atoms with Crippen LogP contribution in [0.25, 0.3) is 0 Å². The van der Waals surface area contributed by atoms with Crippen LogP contribution in [-0.4, -0.2) is 126 Å². The minimum atomic E-state index is -1.94. The van der Waals surface area contributed by atoms with Crippen LogP contribution in [0.1, 0.15) is 100.0 Å². The zero-order valence-corrected chi connectivity index (χ0v) is 36.8. The lowest BCUT2D eigenvalue weighted by Gasteiger charge is -2.48. The van der Waals surface area contributed by atoms with Crippen molar-refractivity contribution in [1.82, 2.24) is 10.2 Å². The van der Waals surface area contributed by atoms with Crippen molar-refractivity contribution in [3.8, 4) is 0 Å². The number of esters is 1. The van der Waals surface area contributed by atoms with E-state index >= 15 is 0 Å². The number of methoxy groups -OCH3 is 1. The number of ether oxygens (including phenoxy) is 5. The molecule has 326 valence electrons. The molecule has 57 heavy (non-hydrogen) atoms. The van der Waals surface area contributed by atoms with Gasteiger partial charge in [0.2, 0.25) is 0 Å². The number of benzene rings is 1. The number of alkyl carbamates (subject to hydrolysis) is 1. The number of nitrogens with zero attached hydrogens (tertiary/aromatic N) is 2. The number of hydrogen-bond donors (Lipinski definition) is 4. The van der Waals surface area contributed by atoms with Gasteiger partial charge in [-0.15, -0.1) is 0 Å². The second-order valence-corrected chi connectivity index (χ2v) is 17.1. The highest BCUT2D eigenvalue weighted by molar-refractivity contribution is 6.31. The molecule has 0 spiro atoms. The number of carbonyl (C=O) groups is 2. The Labute approximate surface area is 344 Å². The minimum absolute atomic E-state index is 0.0357. The topological polar surface area (TPSA) is 178 Å². The molecule has 3 rings (SSSR count). The number of likely N-dealkylation sites (N-methyl/N-ethyl adjacent to an activating group) is 1. The molecule has 1 aromatic rings. The van der Waals surface area contributed by atoms with E-state index in [2.05, 4.69) is 10.5 Å². The van der Waals surface area contributed by atoms with E-state index in [0.29, 0.717) is 29.3 Å². The highest BCUT2D eigenvalue weighted by atomic mass is 35.5. The lowest BCUT2D eigenvalue weighted by Crippen LogP contribution is -2.60. The zero-order chi connectivity index (χ0) is 42.8. The third-order valence-corrected chi connectivity index (χ3v) is 12.3. The molecule has 2 aliphatic rings. The highest BCUT2D eigenvalue weighted by Gasteiger charge is 2.52. The lowest BCUT2D eigenvalue weighted by atomic mass is 9.73. The van der Waals surface area contributed by atoms with Gasteiger partial charge in [-0.05, 0) is 73.5 Å². The Kier molecular flexibility index (Phi) is 18.5. The monoisotopic (exact) mass is 827 g/mol. The van der Waals surface area contributed by atoms with Crippen molar-refractivity contribution >= 4 is 29.4 Å². The summed E-state index contributed by atoms with van der Waals surface area (Å²) in [5.41, 5.74) is -2.09. The van der Waals surface area contributed by atoms with Gasteiger partial charge in [-0.2, -0.15) is 0 Å². The molecular formula is C42H70ClN3O11. The van der Waals surface area contributed by atoms with E-state index in [1.165, 1.54) is 14.0 Å². The number of nitrogens with one attached hydrogen (secondary N) is 1. The van der Waals surface area contributed by atoms with E-state index < -0.39 is 83.7 Å². The predicted octanol–water partition coefficient (Wildman–Crippen LogP) is 5.71. The second-order valence-electron chi connectivity index (χ2n) is 16.7. The molecule has 14 nitrogen and oxygen atoms in total. The van der Waals surface area contributed by atoms with Crippen LogP contribution >= 0.6 is 11.6 Å². The van der Waals surface area contributed by atoms with Crippen molar-refractivity contribution in [1.29, 1.82) is 0 Å². The maximum atomic E-state index is 14.2. The molecule has 0 bridgehead atoms. The van der Waals surface area contributed by atoms with Crippen LogP contribution < -0.4 is 5.32 Å². The van der Waals surface area contributed by atoms with Gasteiger partial charge in [-0.1, -0.05) is 76.0 Å². The van der Waals surface area contributed by atoms with Gasteiger partial charge in [-0.25, -0.2) is 4.79 Å². The number of carbonyl (C=O) groups excluding carboxylic acids is 2. The summed E-state index contributed by atoms with van der Waals surface area (Å²) < 4.78 is 31.6. The van der Waals surface area contributed by atoms with Crippen LogP contribution in [-0.2, 0) is 39.9 Å². The average Bonchev–Trinajstić information content (AvgIpc) is 3.16. The fourth-order valence-corrected chi connectivity index (χ4v) is 8.48. The first-order valence-corrected chi connectivity index (χ1v) is 20.8. The number of hydrogen-bond acceptors (Lipinski definition) is 13. The van der Waals surface area contributed by atoms with Crippen LogP contribution in [0, 0.1) is 23.7 Å². The maximum absolute atomic E-state index is 14.2. The summed E-state index contributed by atoms with van der Waals surface area (Å²) in [6.45, 7) is 16.4. The van der Waals surface area contributed by atoms with E-state index in [4.69, 9.17) is 40.1 Å². The number of aliphatic hydroxyl groups excluding tert-OH is 2. The first-order chi connectivity index (χ1) is 26.7. The third-order valence-electron chi connectivity index (χ3n) is 11.9. The van der Waals surface area contributed by atoms with Gasteiger partial charge in [0.15, 0.2) is 6.29 Å². The number of halogens is 1. The summed E-state index contributed by atoms with van der Waals surface area (Å²) in [6, 6.07) is 6.93. The smallest absolute Gasteiger partial charge is 0.407 e. The molecule has 14 atom stereocenters. The SMILES string of the molecule is CCCCNC(=O)O[C@H]1[C@H](C)[C@@H](O[C@@H]2O[C@H](C)C[C@H](N(C)C)[C@H]2O)[C@](C)(OC)C[C@@H](C)/C(=N/OCc2ccccc2Cl)[C@H](C)[C@@H](O)[C@](C)(O)[C@@H](CC)OC(=O)[C@@H]1C. The van der Waals surface area contributed by atoms with Crippen molar-refractivity contribution in [3.05, 3.63) is 34.9 Å². The molecule has 0 saturated carbocycles. The van der Waals surface area contributed by atoms with Crippen LogP contribution in [0.3, 0.4) is 0 Å². The average molecular weight is 828 g/mol. The summed E-state index contributed by atoms with van der Waals surface area (Å²) in [4.78, 5) is 35.4.